The lowest BCUT2D eigenvalue weighted by molar-refractivity contribution is -0.140. The fraction of sp³-hybridized carbons (Fsp3) is 0.259. The van der Waals surface area contributed by atoms with E-state index in [1.54, 1.807) is 49.4 Å². The van der Waals surface area contributed by atoms with Gasteiger partial charge in [0.05, 0.1) is 27.7 Å². The van der Waals surface area contributed by atoms with Crippen LogP contribution in [-0.2, 0) is 26.2 Å². The van der Waals surface area contributed by atoms with Gasteiger partial charge in [0.15, 0.2) is 0 Å². The Balaban J connectivity index is 2.07. The smallest absolute Gasteiger partial charge is 0.264 e. The van der Waals surface area contributed by atoms with Crippen LogP contribution in [0.15, 0.2) is 77.7 Å². The monoisotopic (exact) mass is 577 g/mol. The Morgan fingerprint density at radius 2 is 1.68 bits per heavy atom. The van der Waals surface area contributed by atoms with Crippen LogP contribution in [0, 0.1) is 0 Å². The first-order valence-electron chi connectivity index (χ1n) is 11.8. The van der Waals surface area contributed by atoms with E-state index in [9.17, 15) is 18.0 Å². The minimum absolute atomic E-state index is 0.00318. The SMILES string of the molecule is CC[C@H](C(=O)NC)N(Cc1cccc(OC)c1)C(=O)CN(c1ccc(Cl)c(Cl)c1)S(=O)(=O)c1ccccc1. The number of carbonyl (C=O) groups excluding carboxylic acids is 2. The average molecular weight is 579 g/mol. The van der Waals surface area contributed by atoms with E-state index in [1.165, 1.54) is 49.4 Å². The number of carbonyl (C=O) groups is 2. The maximum absolute atomic E-state index is 13.9. The quantitative estimate of drug-likeness (QED) is 0.354. The number of methoxy groups -OCH3 is 1. The van der Waals surface area contributed by atoms with E-state index in [2.05, 4.69) is 5.32 Å². The summed E-state index contributed by atoms with van der Waals surface area (Å²) in [4.78, 5) is 28.0. The predicted octanol–water partition coefficient (Wildman–Crippen LogP) is 4.75. The molecular formula is C27H29Cl2N3O5S. The van der Waals surface area contributed by atoms with E-state index < -0.39 is 28.5 Å². The third-order valence-corrected chi connectivity index (χ3v) is 8.45. The molecule has 0 aliphatic rings. The van der Waals surface area contributed by atoms with Crippen LogP contribution in [0.3, 0.4) is 0 Å². The van der Waals surface area contributed by atoms with Gasteiger partial charge in [-0.25, -0.2) is 8.42 Å². The highest BCUT2D eigenvalue weighted by Crippen LogP contribution is 2.31. The molecule has 0 aliphatic carbocycles. The number of hydrogen-bond acceptors (Lipinski definition) is 5. The van der Waals surface area contributed by atoms with Crippen LogP contribution in [0.1, 0.15) is 18.9 Å². The molecule has 0 spiro atoms. The minimum Gasteiger partial charge on any atom is -0.497 e. The summed E-state index contributed by atoms with van der Waals surface area (Å²) in [6, 6.07) is 18.4. The van der Waals surface area contributed by atoms with Gasteiger partial charge in [-0.15, -0.1) is 0 Å². The maximum atomic E-state index is 13.9. The molecule has 0 radical (unpaired) electrons. The highest BCUT2D eigenvalue weighted by atomic mass is 35.5. The Labute approximate surface area is 233 Å². The topological polar surface area (TPSA) is 96.0 Å². The van der Waals surface area contributed by atoms with Crippen molar-refractivity contribution in [2.75, 3.05) is 25.0 Å². The number of likely N-dealkylation sites (N-methyl/N-ethyl adjacent to an activating group) is 1. The van der Waals surface area contributed by atoms with Crippen LogP contribution in [-0.4, -0.2) is 51.9 Å². The Morgan fingerprint density at radius 3 is 2.29 bits per heavy atom. The second-order valence-corrected chi connectivity index (χ2v) is 11.0. The molecule has 0 fully saturated rings. The van der Waals surface area contributed by atoms with Crippen molar-refractivity contribution in [1.29, 1.82) is 0 Å². The molecule has 3 aromatic carbocycles. The van der Waals surface area contributed by atoms with Crippen LogP contribution < -0.4 is 14.4 Å². The summed E-state index contributed by atoms with van der Waals surface area (Å²) < 4.78 is 33.8. The zero-order valence-electron chi connectivity index (χ0n) is 21.2. The highest BCUT2D eigenvalue weighted by Gasteiger charge is 2.33. The lowest BCUT2D eigenvalue weighted by Gasteiger charge is -2.33. The number of halogens is 2. The summed E-state index contributed by atoms with van der Waals surface area (Å²) in [5, 5.41) is 2.97. The van der Waals surface area contributed by atoms with Crippen LogP contribution in [0.5, 0.6) is 5.75 Å². The summed E-state index contributed by atoms with van der Waals surface area (Å²) in [6.45, 7) is 1.26. The van der Waals surface area contributed by atoms with Crippen LogP contribution in [0.25, 0.3) is 0 Å². The first kappa shape index (κ1) is 29.3. The van der Waals surface area contributed by atoms with Gasteiger partial charge >= 0.3 is 0 Å². The molecule has 0 aliphatic heterocycles. The molecule has 0 bridgehead atoms. The van der Waals surface area contributed by atoms with Gasteiger partial charge in [-0.05, 0) is 54.4 Å². The number of nitrogens with one attached hydrogen (secondary N) is 1. The van der Waals surface area contributed by atoms with Gasteiger partial charge in [0, 0.05) is 13.6 Å². The van der Waals surface area contributed by atoms with Gasteiger partial charge in [-0.3, -0.25) is 13.9 Å². The van der Waals surface area contributed by atoms with Gasteiger partial charge in [0.2, 0.25) is 11.8 Å². The standard InChI is InChI=1S/C27H29Cl2N3O5S/c1-4-25(27(34)30-2)31(17-19-9-8-10-21(15-19)37-3)26(33)18-32(20-13-14-23(28)24(29)16-20)38(35,36)22-11-6-5-7-12-22/h5-16,25H,4,17-18H2,1-3H3,(H,30,34)/t25-/m1/s1. The number of benzene rings is 3. The molecule has 3 aromatic rings. The number of hydrogen-bond donors (Lipinski definition) is 1. The molecule has 0 saturated carbocycles. The Hall–Kier alpha value is -3.27. The number of rotatable bonds is 11. The highest BCUT2D eigenvalue weighted by molar-refractivity contribution is 7.92. The molecule has 8 nitrogen and oxygen atoms in total. The third kappa shape index (κ3) is 6.78. The molecule has 0 unspecified atom stereocenters. The van der Waals surface area contributed by atoms with Crippen molar-refractivity contribution in [1.82, 2.24) is 10.2 Å². The fourth-order valence-corrected chi connectivity index (χ4v) is 5.66. The van der Waals surface area contributed by atoms with E-state index in [1.807, 2.05) is 0 Å². The average Bonchev–Trinajstić information content (AvgIpc) is 2.93. The Kier molecular flexibility index (Phi) is 10.0. The van der Waals surface area contributed by atoms with Gasteiger partial charge in [0.1, 0.15) is 18.3 Å². The molecule has 1 N–H and O–H groups in total. The second kappa shape index (κ2) is 13.0. The molecule has 38 heavy (non-hydrogen) atoms. The fourth-order valence-electron chi connectivity index (χ4n) is 3.94. The molecule has 3 rings (SSSR count). The van der Waals surface area contributed by atoms with Crippen molar-refractivity contribution < 1.29 is 22.7 Å². The van der Waals surface area contributed by atoms with Gasteiger partial charge in [0.25, 0.3) is 10.0 Å². The van der Waals surface area contributed by atoms with E-state index >= 15 is 0 Å². The number of ether oxygens (including phenoxy) is 1. The molecule has 0 saturated heterocycles. The molecule has 11 heteroatoms. The first-order valence-corrected chi connectivity index (χ1v) is 14.0. The summed E-state index contributed by atoms with van der Waals surface area (Å²) in [6.07, 6.45) is 0.313. The van der Waals surface area contributed by atoms with Crippen molar-refractivity contribution in [3.05, 3.63) is 88.4 Å². The molecule has 202 valence electrons. The molecule has 0 aromatic heterocycles. The lowest BCUT2D eigenvalue weighted by Crippen LogP contribution is -2.51. The number of anilines is 1. The van der Waals surface area contributed by atoms with Gasteiger partial charge < -0.3 is 15.0 Å². The minimum atomic E-state index is -4.19. The zero-order valence-corrected chi connectivity index (χ0v) is 23.6. The van der Waals surface area contributed by atoms with E-state index in [0.29, 0.717) is 17.7 Å². The molecular weight excluding hydrogens is 549 g/mol. The summed E-state index contributed by atoms with van der Waals surface area (Å²) in [7, 11) is -1.17. The van der Waals surface area contributed by atoms with E-state index in [4.69, 9.17) is 27.9 Å². The summed E-state index contributed by atoms with van der Waals surface area (Å²) in [5.41, 5.74) is 0.873. The third-order valence-electron chi connectivity index (χ3n) is 5.92. The Morgan fingerprint density at radius 1 is 0.974 bits per heavy atom. The lowest BCUT2D eigenvalue weighted by atomic mass is 10.1. The number of amides is 2. The Bertz CT molecular complexity index is 1390. The van der Waals surface area contributed by atoms with Crippen LogP contribution >= 0.6 is 23.2 Å². The summed E-state index contributed by atoms with van der Waals surface area (Å²) in [5.74, 6) is -0.350. The maximum Gasteiger partial charge on any atom is 0.264 e. The van der Waals surface area contributed by atoms with Gasteiger partial charge in [-0.1, -0.05) is 60.5 Å². The van der Waals surface area contributed by atoms with E-state index in [0.717, 1.165) is 4.31 Å². The van der Waals surface area contributed by atoms with Crippen LogP contribution in [0.2, 0.25) is 10.0 Å². The van der Waals surface area contributed by atoms with Crippen molar-refractivity contribution >= 4 is 50.7 Å². The number of sulfonamides is 1. The first-order chi connectivity index (χ1) is 18.1. The van der Waals surface area contributed by atoms with Crippen LogP contribution in [0.4, 0.5) is 5.69 Å². The predicted molar refractivity (Wildman–Crippen MR) is 149 cm³/mol. The summed E-state index contributed by atoms with van der Waals surface area (Å²) >= 11 is 12.3. The van der Waals surface area contributed by atoms with Crippen molar-refractivity contribution in [3.63, 3.8) is 0 Å². The normalized spacial score (nSPS) is 11.9. The zero-order chi connectivity index (χ0) is 27.9. The second-order valence-electron chi connectivity index (χ2n) is 8.33. The van der Waals surface area contributed by atoms with Crippen molar-refractivity contribution in [2.24, 2.45) is 0 Å². The molecule has 1 atom stereocenters. The molecule has 2 amide bonds. The largest absolute Gasteiger partial charge is 0.497 e. The van der Waals surface area contributed by atoms with Gasteiger partial charge in [-0.2, -0.15) is 0 Å². The molecule has 0 heterocycles. The van der Waals surface area contributed by atoms with Crippen molar-refractivity contribution in [3.8, 4) is 5.75 Å². The number of nitrogens with zero attached hydrogens (tertiary/aromatic N) is 2. The van der Waals surface area contributed by atoms with Crippen molar-refractivity contribution in [2.45, 2.75) is 30.8 Å². The van der Waals surface area contributed by atoms with E-state index in [-0.39, 0.29) is 33.1 Å².